The molecule has 1 saturated heterocycles. The number of piperidine rings is 1. The summed E-state index contributed by atoms with van der Waals surface area (Å²) >= 11 is 0. The Hall–Kier alpha value is -3.19. The van der Waals surface area contributed by atoms with Crippen LogP contribution < -0.4 is 5.32 Å². The van der Waals surface area contributed by atoms with Gasteiger partial charge in [-0.15, -0.1) is 0 Å². The van der Waals surface area contributed by atoms with E-state index < -0.39 is 0 Å². The Morgan fingerprint density at radius 1 is 1.19 bits per heavy atom. The van der Waals surface area contributed by atoms with Gasteiger partial charge in [0, 0.05) is 25.7 Å². The summed E-state index contributed by atoms with van der Waals surface area (Å²) in [4.78, 5) is 27.6. The van der Waals surface area contributed by atoms with Crippen molar-refractivity contribution < 1.29 is 4.79 Å². The standard InChI is InChI=1S/C24H28N6O/c1-16-25-21-13-18(9-10-22(21)29(16)2)26-24(31)15-30-11-5-6-17(14-30)12-23-27-19-7-3-4-8-20(19)28-23/h3-4,7-10,13,17H,5-6,11-12,14-15H2,1-2H3,(H,26,31)(H,27,28). The highest BCUT2D eigenvalue weighted by atomic mass is 16.2. The average molecular weight is 417 g/mol. The van der Waals surface area contributed by atoms with Crippen molar-refractivity contribution in [3.63, 3.8) is 0 Å². The number of nitrogens with one attached hydrogen (secondary N) is 2. The lowest BCUT2D eigenvalue weighted by molar-refractivity contribution is -0.117. The van der Waals surface area contributed by atoms with Crippen LogP contribution in [0.3, 0.4) is 0 Å². The lowest BCUT2D eigenvalue weighted by atomic mass is 9.94. The zero-order chi connectivity index (χ0) is 21.4. The van der Waals surface area contributed by atoms with Gasteiger partial charge in [0.2, 0.25) is 5.91 Å². The van der Waals surface area contributed by atoms with Crippen LogP contribution in [0, 0.1) is 12.8 Å². The molecule has 7 heteroatoms. The number of hydrogen-bond acceptors (Lipinski definition) is 4. The van der Waals surface area contributed by atoms with Crippen LogP contribution in [0.4, 0.5) is 5.69 Å². The Bertz CT molecular complexity index is 1210. The lowest BCUT2D eigenvalue weighted by Gasteiger charge is -2.31. The molecule has 1 fully saturated rings. The highest BCUT2D eigenvalue weighted by Gasteiger charge is 2.23. The molecule has 2 aromatic heterocycles. The van der Waals surface area contributed by atoms with E-state index in [0.29, 0.717) is 12.5 Å². The number of H-pyrrole nitrogens is 1. The van der Waals surface area contributed by atoms with Gasteiger partial charge in [-0.1, -0.05) is 12.1 Å². The molecule has 0 saturated carbocycles. The van der Waals surface area contributed by atoms with Gasteiger partial charge in [-0.2, -0.15) is 0 Å². The molecule has 4 aromatic rings. The fourth-order valence-electron chi connectivity index (χ4n) is 4.64. The summed E-state index contributed by atoms with van der Waals surface area (Å²) in [5, 5.41) is 3.04. The molecule has 2 N–H and O–H groups in total. The molecule has 1 aliphatic rings. The van der Waals surface area contributed by atoms with Gasteiger partial charge < -0.3 is 14.9 Å². The molecule has 160 valence electrons. The van der Waals surface area contributed by atoms with Crippen molar-refractivity contribution in [3.8, 4) is 0 Å². The summed E-state index contributed by atoms with van der Waals surface area (Å²) in [6, 6.07) is 14.0. The molecule has 3 heterocycles. The van der Waals surface area contributed by atoms with Crippen molar-refractivity contribution in [1.82, 2.24) is 24.4 Å². The maximum atomic E-state index is 12.7. The number of hydrogen-bond donors (Lipinski definition) is 2. The SMILES string of the molecule is Cc1nc2cc(NC(=O)CN3CCCC(Cc4nc5ccccc5[nH]4)C3)ccc2n1C. The summed E-state index contributed by atoms with van der Waals surface area (Å²) in [6.07, 6.45) is 3.20. The van der Waals surface area contributed by atoms with Crippen molar-refractivity contribution in [2.75, 3.05) is 25.0 Å². The third kappa shape index (κ3) is 4.18. The van der Waals surface area contributed by atoms with Gasteiger partial charge in [-0.05, 0) is 62.6 Å². The van der Waals surface area contributed by atoms with Crippen LogP contribution in [-0.4, -0.2) is 50.0 Å². The Kier molecular flexibility index (Phi) is 5.19. The smallest absolute Gasteiger partial charge is 0.238 e. The zero-order valence-electron chi connectivity index (χ0n) is 18.1. The molecular weight excluding hydrogens is 388 g/mol. The first kappa shape index (κ1) is 19.8. The van der Waals surface area contributed by atoms with Gasteiger partial charge in [0.1, 0.15) is 11.6 Å². The van der Waals surface area contributed by atoms with E-state index in [4.69, 9.17) is 4.98 Å². The van der Waals surface area contributed by atoms with Crippen molar-refractivity contribution in [2.45, 2.75) is 26.2 Å². The molecule has 31 heavy (non-hydrogen) atoms. The quantitative estimate of drug-likeness (QED) is 0.521. The number of fused-ring (bicyclic) bond motifs is 2. The van der Waals surface area contributed by atoms with Crippen LogP contribution >= 0.6 is 0 Å². The fourth-order valence-corrected chi connectivity index (χ4v) is 4.64. The van der Waals surface area contributed by atoms with E-state index in [1.165, 1.54) is 6.42 Å². The monoisotopic (exact) mass is 416 g/mol. The van der Waals surface area contributed by atoms with Crippen LogP contribution in [0.2, 0.25) is 0 Å². The number of aryl methyl sites for hydroxylation is 2. The molecular formula is C24H28N6O. The highest BCUT2D eigenvalue weighted by molar-refractivity contribution is 5.94. The first-order chi connectivity index (χ1) is 15.0. The Morgan fingerprint density at radius 2 is 2.06 bits per heavy atom. The third-order valence-corrected chi connectivity index (χ3v) is 6.28. The number of aromatic amines is 1. The van der Waals surface area contributed by atoms with E-state index in [9.17, 15) is 4.79 Å². The molecule has 1 atom stereocenters. The number of aromatic nitrogens is 4. The summed E-state index contributed by atoms with van der Waals surface area (Å²) in [6.45, 7) is 4.28. The van der Waals surface area contributed by atoms with E-state index in [2.05, 4.69) is 30.8 Å². The summed E-state index contributed by atoms with van der Waals surface area (Å²) in [5.41, 5.74) is 4.88. The average Bonchev–Trinajstić information content (AvgIpc) is 3.27. The summed E-state index contributed by atoms with van der Waals surface area (Å²) in [7, 11) is 2.00. The van der Waals surface area contributed by atoms with Crippen LogP contribution in [0.15, 0.2) is 42.5 Å². The second-order valence-corrected chi connectivity index (χ2v) is 8.62. The minimum atomic E-state index is 0.0244. The van der Waals surface area contributed by atoms with Crippen LogP contribution in [0.1, 0.15) is 24.5 Å². The maximum absolute atomic E-state index is 12.7. The molecule has 0 spiro atoms. The number of likely N-dealkylation sites (tertiary alicyclic amines) is 1. The number of anilines is 1. The molecule has 1 unspecified atom stereocenters. The second kappa shape index (κ2) is 8.15. The molecule has 5 rings (SSSR count). The third-order valence-electron chi connectivity index (χ3n) is 6.28. The minimum absolute atomic E-state index is 0.0244. The van der Waals surface area contributed by atoms with Gasteiger partial charge >= 0.3 is 0 Å². The van der Waals surface area contributed by atoms with E-state index in [0.717, 1.165) is 65.3 Å². The first-order valence-corrected chi connectivity index (χ1v) is 10.9. The lowest BCUT2D eigenvalue weighted by Crippen LogP contribution is -2.41. The summed E-state index contributed by atoms with van der Waals surface area (Å²) < 4.78 is 2.05. The van der Waals surface area contributed by atoms with Gasteiger partial charge in [-0.3, -0.25) is 9.69 Å². The Morgan fingerprint density at radius 3 is 2.94 bits per heavy atom. The van der Waals surface area contributed by atoms with Crippen molar-refractivity contribution in [3.05, 3.63) is 54.1 Å². The Labute approximate surface area is 181 Å². The second-order valence-electron chi connectivity index (χ2n) is 8.62. The van der Waals surface area contributed by atoms with E-state index >= 15 is 0 Å². The van der Waals surface area contributed by atoms with Crippen molar-refractivity contribution >= 4 is 33.7 Å². The van der Waals surface area contributed by atoms with Crippen LogP contribution in [-0.2, 0) is 18.3 Å². The number of benzene rings is 2. The predicted octanol–water partition coefficient (Wildman–Crippen LogP) is 3.65. The number of imidazole rings is 2. The van der Waals surface area contributed by atoms with E-state index in [1.54, 1.807) is 0 Å². The highest BCUT2D eigenvalue weighted by Crippen LogP contribution is 2.22. The Balaban J connectivity index is 1.19. The number of amides is 1. The molecule has 0 aliphatic carbocycles. The summed E-state index contributed by atoms with van der Waals surface area (Å²) in [5.74, 6) is 2.53. The van der Waals surface area contributed by atoms with Crippen molar-refractivity contribution in [1.29, 1.82) is 0 Å². The molecule has 0 radical (unpaired) electrons. The minimum Gasteiger partial charge on any atom is -0.342 e. The number of rotatable bonds is 5. The van der Waals surface area contributed by atoms with E-state index in [1.807, 2.05) is 50.4 Å². The molecule has 1 amide bonds. The number of carbonyl (C=O) groups is 1. The predicted molar refractivity (Wildman–Crippen MR) is 123 cm³/mol. The molecule has 0 bridgehead atoms. The van der Waals surface area contributed by atoms with Crippen LogP contribution in [0.25, 0.3) is 22.1 Å². The van der Waals surface area contributed by atoms with Crippen molar-refractivity contribution in [2.24, 2.45) is 13.0 Å². The molecule has 7 nitrogen and oxygen atoms in total. The number of nitrogens with zero attached hydrogens (tertiary/aromatic N) is 4. The van der Waals surface area contributed by atoms with Gasteiger partial charge in [0.25, 0.3) is 0 Å². The molecule has 1 aliphatic heterocycles. The van der Waals surface area contributed by atoms with E-state index in [-0.39, 0.29) is 5.91 Å². The van der Waals surface area contributed by atoms with Gasteiger partial charge in [-0.25, -0.2) is 9.97 Å². The maximum Gasteiger partial charge on any atom is 0.238 e. The first-order valence-electron chi connectivity index (χ1n) is 10.9. The molecule has 2 aromatic carbocycles. The van der Waals surface area contributed by atoms with Gasteiger partial charge in [0.15, 0.2) is 0 Å². The van der Waals surface area contributed by atoms with Crippen LogP contribution in [0.5, 0.6) is 0 Å². The zero-order valence-corrected chi connectivity index (χ0v) is 18.1. The van der Waals surface area contributed by atoms with Gasteiger partial charge in [0.05, 0.1) is 28.6 Å². The number of para-hydroxylation sites is 2. The topological polar surface area (TPSA) is 78.8 Å². The largest absolute Gasteiger partial charge is 0.342 e. The normalized spacial score (nSPS) is 17.4. The number of carbonyl (C=O) groups excluding carboxylic acids is 1. The fraction of sp³-hybridized carbons (Fsp3) is 0.375.